The van der Waals surface area contributed by atoms with Crippen LogP contribution in [0.4, 0.5) is 11.4 Å². The number of non-ortho nitro benzene ring substituents is 1. The van der Waals surface area contributed by atoms with E-state index in [9.17, 15) is 18.5 Å². The third-order valence-electron chi connectivity index (χ3n) is 3.26. The Bertz CT molecular complexity index is 833. The van der Waals surface area contributed by atoms with Crippen LogP contribution in [0.1, 0.15) is 25.3 Å². The summed E-state index contributed by atoms with van der Waals surface area (Å²) in [6.45, 7) is 4.01. The molecular formula is C15H15ClN2O4S. The van der Waals surface area contributed by atoms with Crippen molar-refractivity contribution < 1.29 is 13.3 Å². The fourth-order valence-electron chi connectivity index (χ4n) is 1.94. The van der Waals surface area contributed by atoms with E-state index in [2.05, 4.69) is 4.72 Å². The van der Waals surface area contributed by atoms with Crippen molar-refractivity contribution in [2.24, 2.45) is 0 Å². The Morgan fingerprint density at radius 1 is 1.13 bits per heavy atom. The highest BCUT2D eigenvalue weighted by molar-refractivity contribution is 7.92. The van der Waals surface area contributed by atoms with E-state index in [1.807, 2.05) is 13.8 Å². The van der Waals surface area contributed by atoms with Gasteiger partial charge < -0.3 is 0 Å². The molecule has 0 radical (unpaired) electrons. The smallest absolute Gasteiger partial charge is 0.271 e. The largest absolute Gasteiger partial charge is 0.278 e. The SMILES string of the molecule is CC(C)c1ccc(S(=O)(=O)Nc2cc([N+](=O)[O-])ccc2Cl)cc1. The zero-order valence-corrected chi connectivity index (χ0v) is 14.1. The van der Waals surface area contributed by atoms with Crippen LogP contribution in [0.15, 0.2) is 47.4 Å². The molecule has 0 amide bonds. The molecular weight excluding hydrogens is 340 g/mol. The molecule has 0 heterocycles. The maximum Gasteiger partial charge on any atom is 0.271 e. The molecule has 0 aliphatic heterocycles. The van der Waals surface area contributed by atoms with Gasteiger partial charge in [-0.05, 0) is 29.7 Å². The maximum absolute atomic E-state index is 12.4. The van der Waals surface area contributed by atoms with Gasteiger partial charge in [0.15, 0.2) is 0 Å². The van der Waals surface area contributed by atoms with E-state index in [0.29, 0.717) is 0 Å². The molecule has 2 aromatic rings. The van der Waals surface area contributed by atoms with E-state index in [1.54, 1.807) is 12.1 Å². The number of hydrogen-bond acceptors (Lipinski definition) is 4. The summed E-state index contributed by atoms with van der Waals surface area (Å²) >= 11 is 5.91. The normalized spacial score (nSPS) is 11.5. The highest BCUT2D eigenvalue weighted by Crippen LogP contribution is 2.29. The van der Waals surface area contributed by atoms with Gasteiger partial charge in [-0.1, -0.05) is 37.6 Å². The Kier molecular flexibility index (Phi) is 4.91. The van der Waals surface area contributed by atoms with Gasteiger partial charge in [0.2, 0.25) is 0 Å². The summed E-state index contributed by atoms with van der Waals surface area (Å²) in [5.74, 6) is 0.283. The molecule has 1 N–H and O–H groups in total. The zero-order valence-electron chi connectivity index (χ0n) is 12.5. The number of anilines is 1. The summed E-state index contributed by atoms with van der Waals surface area (Å²) in [7, 11) is -3.88. The van der Waals surface area contributed by atoms with Crippen LogP contribution in [0.5, 0.6) is 0 Å². The van der Waals surface area contributed by atoms with Crippen molar-refractivity contribution >= 4 is 33.0 Å². The number of sulfonamides is 1. The summed E-state index contributed by atoms with van der Waals surface area (Å²) < 4.78 is 27.0. The molecule has 8 heteroatoms. The summed E-state index contributed by atoms with van der Waals surface area (Å²) in [5, 5.41) is 10.9. The lowest BCUT2D eigenvalue weighted by Gasteiger charge is -2.11. The zero-order chi connectivity index (χ0) is 17.2. The molecule has 0 spiro atoms. The highest BCUT2D eigenvalue weighted by Gasteiger charge is 2.18. The third kappa shape index (κ3) is 4.00. The molecule has 0 bridgehead atoms. The van der Waals surface area contributed by atoms with E-state index < -0.39 is 14.9 Å². The quantitative estimate of drug-likeness (QED) is 0.644. The molecule has 0 atom stereocenters. The van der Waals surface area contributed by atoms with Crippen LogP contribution < -0.4 is 4.72 Å². The van der Waals surface area contributed by atoms with Crippen molar-refractivity contribution in [3.05, 3.63) is 63.2 Å². The number of nitro groups is 1. The van der Waals surface area contributed by atoms with Crippen LogP contribution in [-0.4, -0.2) is 13.3 Å². The van der Waals surface area contributed by atoms with Crippen molar-refractivity contribution in [1.29, 1.82) is 0 Å². The summed E-state index contributed by atoms with van der Waals surface area (Å²) in [6.07, 6.45) is 0. The molecule has 0 saturated heterocycles. The van der Waals surface area contributed by atoms with Gasteiger partial charge in [-0.2, -0.15) is 0 Å². The van der Waals surface area contributed by atoms with Crippen LogP contribution in [0.2, 0.25) is 5.02 Å². The second kappa shape index (κ2) is 6.55. The second-order valence-electron chi connectivity index (χ2n) is 5.25. The lowest BCUT2D eigenvalue weighted by molar-refractivity contribution is -0.384. The molecule has 0 aromatic heterocycles. The minimum Gasteiger partial charge on any atom is -0.278 e. The van der Waals surface area contributed by atoms with Gasteiger partial charge in [-0.25, -0.2) is 8.42 Å². The van der Waals surface area contributed by atoms with E-state index in [0.717, 1.165) is 11.6 Å². The lowest BCUT2D eigenvalue weighted by Crippen LogP contribution is -2.13. The minimum absolute atomic E-state index is 0.0335. The molecule has 0 saturated carbocycles. The molecule has 2 aromatic carbocycles. The summed E-state index contributed by atoms with van der Waals surface area (Å²) in [5.41, 5.74) is 0.730. The van der Waals surface area contributed by atoms with Crippen LogP contribution in [-0.2, 0) is 10.0 Å². The Labute approximate surface area is 139 Å². The second-order valence-corrected chi connectivity index (χ2v) is 7.34. The summed E-state index contributed by atoms with van der Waals surface area (Å²) in [4.78, 5) is 10.2. The first-order chi connectivity index (χ1) is 10.7. The maximum atomic E-state index is 12.4. The molecule has 122 valence electrons. The first-order valence-electron chi connectivity index (χ1n) is 6.77. The molecule has 2 rings (SSSR count). The Balaban J connectivity index is 2.34. The van der Waals surface area contributed by atoms with E-state index in [-0.39, 0.29) is 27.2 Å². The van der Waals surface area contributed by atoms with Crippen molar-refractivity contribution in [1.82, 2.24) is 0 Å². The van der Waals surface area contributed by atoms with Crippen LogP contribution in [0.25, 0.3) is 0 Å². The monoisotopic (exact) mass is 354 g/mol. The van der Waals surface area contributed by atoms with Crippen molar-refractivity contribution in [2.75, 3.05) is 4.72 Å². The fourth-order valence-corrected chi connectivity index (χ4v) is 3.23. The highest BCUT2D eigenvalue weighted by atomic mass is 35.5. The number of nitro benzene ring substituents is 1. The predicted octanol–water partition coefficient (Wildman–Crippen LogP) is 4.17. The van der Waals surface area contributed by atoms with Gasteiger partial charge in [0.05, 0.1) is 20.5 Å². The van der Waals surface area contributed by atoms with E-state index in [4.69, 9.17) is 11.6 Å². The molecule has 0 unspecified atom stereocenters. The van der Waals surface area contributed by atoms with Gasteiger partial charge in [-0.3, -0.25) is 14.8 Å². The number of halogens is 1. The topological polar surface area (TPSA) is 89.3 Å². The van der Waals surface area contributed by atoms with Gasteiger partial charge >= 0.3 is 0 Å². The predicted molar refractivity (Wildman–Crippen MR) is 89.4 cm³/mol. The number of rotatable bonds is 5. The standard InChI is InChI=1S/C15H15ClN2O4S/c1-10(2)11-3-6-13(7-4-11)23(21,22)17-15-9-12(18(19)20)5-8-14(15)16/h3-10,17H,1-2H3. The van der Waals surface area contributed by atoms with Crippen LogP contribution in [0.3, 0.4) is 0 Å². The molecule has 23 heavy (non-hydrogen) atoms. The van der Waals surface area contributed by atoms with E-state index >= 15 is 0 Å². The molecule has 0 aliphatic carbocycles. The first-order valence-corrected chi connectivity index (χ1v) is 8.63. The van der Waals surface area contributed by atoms with Crippen molar-refractivity contribution in [2.45, 2.75) is 24.7 Å². The molecule has 0 fully saturated rings. The Hall–Kier alpha value is -2.12. The van der Waals surface area contributed by atoms with Gasteiger partial charge in [0.25, 0.3) is 15.7 Å². The lowest BCUT2D eigenvalue weighted by atomic mass is 10.0. The average Bonchev–Trinajstić information content (AvgIpc) is 2.49. The summed E-state index contributed by atoms with van der Waals surface area (Å²) in [6, 6.07) is 10.0. The van der Waals surface area contributed by atoms with E-state index in [1.165, 1.54) is 24.3 Å². The third-order valence-corrected chi connectivity index (χ3v) is 4.97. The fraction of sp³-hybridized carbons (Fsp3) is 0.200. The average molecular weight is 355 g/mol. The van der Waals surface area contributed by atoms with Crippen LogP contribution >= 0.6 is 11.6 Å². The Morgan fingerprint density at radius 2 is 1.74 bits per heavy atom. The van der Waals surface area contributed by atoms with Crippen LogP contribution in [0, 0.1) is 10.1 Å². The number of benzene rings is 2. The molecule has 6 nitrogen and oxygen atoms in total. The minimum atomic E-state index is -3.88. The van der Waals surface area contributed by atoms with Gasteiger partial charge in [0, 0.05) is 12.1 Å². The van der Waals surface area contributed by atoms with Gasteiger partial charge in [0.1, 0.15) is 0 Å². The van der Waals surface area contributed by atoms with Crippen molar-refractivity contribution in [3.63, 3.8) is 0 Å². The molecule has 0 aliphatic rings. The first kappa shape index (κ1) is 17.2. The number of nitrogens with zero attached hydrogens (tertiary/aromatic N) is 1. The number of nitrogens with one attached hydrogen (secondary N) is 1. The number of hydrogen-bond donors (Lipinski definition) is 1. The van der Waals surface area contributed by atoms with Gasteiger partial charge in [-0.15, -0.1) is 0 Å². The van der Waals surface area contributed by atoms with Crippen molar-refractivity contribution in [3.8, 4) is 0 Å². The Morgan fingerprint density at radius 3 is 2.26 bits per heavy atom.